The number of carbonyl (C=O) groups is 1. The molecule has 0 saturated carbocycles. The largest absolute Gasteiger partial charge is 0.497 e. The van der Waals surface area contributed by atoms with E-state index >= 15 is 0 Å². The number of rotatable bonds is 8. The summed E-state index contributed by atoms with van der Waals surface area (Å²) in [4.78, 5) is 16.6. The maximum Gasteiger partial charge on any atom is 0.258 e. The van der Waals surface area contributed by atoms with Gasteiger partial charge in [-0.3, -0.25) is 9.79 Å². The third-order valence-corrected chi connectivity index (χ3v) is 4.34. The Morgan fingerprint density at radius 2 is 1.76 bits per heavy atom. The first-order valence-electron chi connectivity index (χ1n) is 9.39. The zero-order chi connectivity index (χ0) is 20.5. The van der Waals surface area contributed by atoms with Crippen molar-refractivity contribution in [2.45, 2.75) is 13.0 Å². The van der Waals surface area contributed by atoms with Gasteiger partial charge in [0, 0.05) is 12.3 Å². The summed E-state index contributed by atoms with van der Waals surface area (Å²) in [5.74, 6) is 1.24. The van der Waals surface area contributed by atoms with E-state index in [4.69, 9.17) is 9.47 Å². The third kappa shape index (κ3) is 6.21. The Kier molecular flexibility index (Phi) is 7.00. The lowest BCUT2D eigenvalue weighted by atomic mass is 10.1. The van der Waals surface area contributed by atoms with Gasteiger partial charge >= 0.3 is 0 Å². The highest BCUT2D eigenvalue weighted by Gasteiger charge is 2.09. The van der Waals surface area contributed by atoms with Gasteiger partial charge < -0.3 is 14.8 Å². The number of hydrogen-bond donors (Lipinski definition) is 1. The van der Waals surface area contributed by atoms with Gasteiger partial charge in [0.2, 0.25) is 0 Å². The Labute approximate surface area is 171 Å². The lowest BCUT2D eigenvalue weighted by Crippen LogP contribution is -2.31. The number of amides is 1. The highest BCUT2D eigenvalue weighted by atomic mass is 16.5. The summed E-state index contributed by atoms with van der Waals surface area (Å²) >= 11 is 0. The summed E-state index contributed by atoms with van der Waals surface area (Å²) in [6.45, 7) is 1.91. The Balaban J connectivity index is 1.50. The number of ether oxygens (including phenoxy) is 2. The van der Waals surface area contributed by atoms with Crippen molar-refractivity contribution in [2.24, 2.45) is 4.99 Å². The number of benzene rings is 3. The number of nitrogens with zero attached hydrogens (tertiary/aromatic N) is 1. The van der Waals surface area contributed by atoms with Gasteiger partial charge in [-0.1, -0.05) is 36.4 Å². The monoisotopic (exact) mass is 388 g/mol. The van der Waals surface area contributed by atoms with Gasteiger partial charge in [0.05, 0.1) is 18.8 Å². The van der Waals surface area contributed by atoms with Crippen LogP contribution in [0.5, 0.6) is 11.5 Å². The lowest BCUT2D eigenvalue weighted by molar-refractivity contribution is -0.123. The minimum Gasteiger partial charge on any atom is -0.497 e. The molecule has 0 aliphatic rings. The van der Waals surface area contributed by atoms with E-state index in [1.54, 1.807) is 13.3 Å². The highest BCUT2D eigenvalue weighted by molar-refractivity contribution is 5.82. The van der Waals surface area contributed by atoms with E-state index in [2.05, 4.69) is 10.3 Å². The molecule has 0 aliphatic heterocycles. The van der Waals surface area contributed by atoms with Crippen LogP contribution in [0, 0.1) is 0 Å². The minimum atomic E-state index is -0.162. The summed E-state index contributed by atoms with van der Waals surface area (Å²) in [6, 6.07) is 24.7. The summed E-state index contributed by atoms with van der Waals surface area (Å²) in [6.07, 6.45) is 1.77. The zero-order valence-electron chi connectivity index (χ0n) is 16.5. The number of nitrogens with one attached hydrogen (secondary N) is 1. The van der Waals surface area contributed by atoms with E-state index in [0.717, 1.165) is 22.6 Å². The molecule has 0 aromatic heterocycles. The van der Waals surface area contributed by atoms with Crippen molar-refractivity contribution in [1.82, 2.24) is 5.32 Å². The molecule has 148 valence electrons. The molecule has 1 atom stereocenters. The first-order valence-corrected chi connectivity index (χ1v) is 9.39. The fourth-order valence-corrected chi connectivity index (χ4v) is 2.75. The molecule has 5 heteroatoms. The van der Waals surface area contributed by atoms with Gasteiger partial charge in [0.1, 0.15) is 11.5 Å². The van der Waals surface area contributed by atoms with E-state index in [1.165, 1.54) is 0 Å². The molecule has 0 saturated heterocycles. The normalized spacial score (nSPS) is 11.8. The van der Waals surface area contributed by atoms with E-state index < -0.39 is 0 Å². The zero-order valence-corrected chi connectivity index (χ0v) is 16.5. The Morgan fingerprint density at radius 1 is 1.00 bits per heavy atom. The first kappa shape index (κ1) is 20.1. The molecule has 3 aromatic carbocycles. The molecule has 0 radical (unpaired) electrons. The quantitative estimate of drug-likeness (QED) is 0.569. The molecular weight excluding hydrogens is 364 g/mol. The SMILES string of the molecule is COc1cccc(N=Cc2ccc(OCC(=O)N[C@@H](C)c3ccccc3)cc2)c1. The number of aliphatic imine (C=N–C) groups is 1. The number of methoxy groups -OCH3 is 1. The van der Waals surface area contributed by atoms with Gasteiger partial charge in [-0.2, -0.15) is 0 Å². The van der Waals surface area contributed by atoms with Gasteiger partial charge in [0.15, 0.2) is 6.61 Å². The predicted molar refractivity (Wildman–Crippen MR) is 115 cm³/mol. The molecule has 29 heavy (non-hydrogen) atoms. The molecule has 3 aromatic rings. The molecule has 0 heterocycles. The molecular formula is C24H24N2O3. The summed E-state index contributed by atoms with van der Waals surface area (Å²) in [5.41, 5.74) is 2.80. The van der Waals surface area contributed by atoms with Crippen LogP contribution in [0.25, 0.3) is 0 Å². The van der Waals surface area contributed by atoms with E-state index in [9.17, 15) is 4.79 Å². The Bertz CT molecular complexity index is 953. The molecule has 0 unspecified atom stereocenters. The van der Waals surface area contributed by atoms with Gasteiger partial charge in [0.25, 0.3) is 5.91 Å². The van der Waals surface area contributed by atoms with E-state index in [1.807, 2.05) is 85.8 Å². The summed E-state index contributed by atoms with van der Waals surface area (Å²) < 4.78 is 10.8. The molecule has 0 bridgehead atoms. The number of hydrogen-bond acceptors (Lipinski definition) is 4. The Morgan fingerprint density at radius 3 is 2.48 bits per heavy atom. The van der Waals surface area contributed by atoms with Crippen molar-refractivity contribution in [3.63, 3.8) is 0 Å². The predicted octanol–water partition coefficient (Wildman–Crippen LogP) is 4.70. The lowest BCUT2D eigenvalue weighted by Gasteiger charge is -2.14. The molecule has 1 N–H and O–H groups in total. The van der Waals surface area contributed by atoms with Crippen LogP contribution in [-0.4, -0.2) is 25.8 Å². The van der Waals surface area contributed by atoms with Crippen LogP contribution < -0.4 is 14.8 Å². The second kappa shape index (κ2) is 10.1. The van der Waals surface area contributed by atoms with Crippen LogP contribution in [0.3, 0.4) is 0 Å². The van der Waals surface area contributed by atoms with Crippen molar-refractivity contribution >= 4 is 17.8 Å². The van der Waals surface area contributed by atoms with Crippen LogP contribution >= 0.6 is 0 Å². The maximum atomic E-state index is 12.1. The average molecular weight is 388 g/mol. The van der Waals surface area contributed by atoms with Crippen molar-refractivity contribution in [2.75, 3.05) is 13.7 Å². The van der Waals surface area contributed by atoms with Crippen molar-refractivity contribution in [1.29, 1.82) is 0 Å². The summed E-state index contributed by atoms with van der Waals surface area (Å²) in [5, 5.41) is 2.93. The second-order valence-corrected chi connectivity index (χ2v) is 6.52. The van der Waals surface area contributed by atoms with Crippen LogP contribution in [0.1, 0.15) is 24.1 Å². The van der Waals surface area contributed by atoms with Gasteiger partial charge in [-0.15, -0.1) is 0 Å². The van der Waals surface area contributed by atoms with E-state index in [0.29, 0.717) is 5.75 Å². The molecule has 5 nitrogen and oxygen atoms in total. The Hall–Kier alpha value is -3.60. The molecule has 0 spiro atoms. The standard InChI is InChI=1S/C24H24N2O3/c1-18(20-7-4-3-5-8-20)26-24(27)17-29-22-13-11-19(12-14-22)16-25-21-9-6-10-23(15-21)28-2/h3-16,18H,17H2,1-2H3,(H,26,27)/t18-/m0/s1. The molecule has 1 amide bonds. The van der Waals surface area contributed by atoms with Crippen LogP contribution in [-0.2, 0) is 4.79 Å². The van der Waals surface area contributed by atoms with Crippen molar-refractivity contribution in [3.05, 3.63) is 90.0 Å². The molecule has 3 rings (SSSR count). The molecule has 0 fully saturated rings. The highest BCUT2D eigenvalue weighted by Crippen LogP contribution is 2.19. The maximum absolute atomic E-state index is 12.1. The van der Waals surface area contributed by atoms with Gasteiger partial charge in [-0.25, -0.2) is 0 Å². The van der Waals surface area contributed by atoms with Crippen LogP contribution in [0.4, 0.5) is 5.69 Å². The van der Waals surface area contributed by atoms with Crippen molar-refractivity contribution < 1.29 is 14.3 Å². The van der Waals surface area contributed by atoms with E-state index in [-0.39, 0.29) is 18.6 Å². The average Bonchev–Trinajstić information content (AvgIpc) is 2.77. The van der Waals surface area contributed by atoms with Crippen molar-refractivity contribution in [3.8, 4) is 11.5 Å². The molecule has 0 aliphatic carbocycles. The summed E-state index contributed by atoms with van der Waals surface area (Å²) in [7, 11) is 1.63. The first-order chi connectivity index (χ1) is 14.1. The van der Waals surface area contributed by atoms with Crippen LogP contribution in [0.15, 0.2) is 83.9 Å². The third-order valence-electron chi connectivity index (χ3n) is 4.34. The number of carbonyl (C=O) groups excluding carboxylic acids is 1. The topological polar surface area (TPSA) is 59.9 Å². The fourth-order valence-electron chi connectivity index (χ4n) is 2.75. The van der Waals surface area contributed by atoms with Gasteiger partial charge in [-0.05, 0) is 54.4 Å². The van der Waals surface area contributed by atoms with Crippen LogP contribution in [0.2, 0.25) is 0 Å². The fraction of sp³-hybridized carbons (Fsp3) is 0.167. The second-order valence-electron chi connectivity index (χ2n) is 6.52. The smallest absolute Gasteiger partial charge is 0.258 e. The minimum absolute atomic E-state index is 0.0333.